The van der Waals surface area contributed by atoms with Crippen LogP contribution in [0.4, 0.5) is 11.5 Å². The van der Waals surface area contributed by atoms with Crippen molar-refractivity contribution in [1.82, 2.24) is 14.3 Å². The van der Waals surface area contributed by atoms with E-state index in [0.29, 0.717) is 42.8 Å². The first kappa shape index (κ1) is 23.2. The molecule has 1 fully saturated rings. The summed E-state index contributed by atoms with van der Waals surface area (Å²) in [5.74, 6) is 0.577. The molecule has 0 amide bonds. The number of sulfonamides is 1. The third-order valence-electron chi connectivity index (χ3n) is 5.80. The van der Waals surface area contributed by atoms with Crippen LogP contribution in [0.25, 0.3) is 21.3 Å². The lowest BCUT2D eigenvalue weighted by Gasteiger charge is -2.26. The number of fused-ring (bicyclic) bond motifs is 1. The second-order valence-electron chi connectivity index (χ2n) is 8.08. The van der Waals surface area contributed by atoms with E-state index in [9.17, 15) is 8.42 Å². The molecule has 3 heterocycles. The molecule has 2 aromatic carbocycles. The molecule has 0 atom stereocenters. The number of ether oxygens (including phenoxy) is 1. The van der Waals surface area contributed by atoms with E-state index in [4.69, 9.17) is 16.3 Å². The molecule has 1 aliphatic rings. The molecular formula is C24H23ClN4O3S2. The van der Waals surface area contributed by atoms with E-state index in [0.717, 1.165) is 26.2 Å². The van der Waals surface area contributed by atoms with Gasteiger partial charge in [-0.05, 0) is 37.6 Å². The van der Waals surface area contributed by atoms with Crippen molar-refractivity contribution in [3.8, 4) is 11.1 Å². The van der Waals surface area contributed by atoms with Crippen LogP contribution >= 0.6 is 22.9 Å². The lowest BCUT2D eigenvalue weighted by molar-refractivity contribution is 0.0730. The average Bonchev–Trinajstić information content (AvgIpc) is 3.18. The molecule has 4 aromatic rings. The fourth-order valence-electron chi connectivity index (χ4n) is 4.03. The number of hydrogen-bond donors (Lipinski definition) is 1. The van der Waals surface area contributed by atoms with Crippen LogP contribution in [0.2, 0.25) is 5.02 Å². The van der Waals surface area contributed by atoms with Crippen molar-refractivity contribution in [1.29, 1.82) is 0 Å². The van der Waals surface area contributed by atoms with Gasteiger partial charge in [0.05, 0.1) is 34.2 Å². The number of nitrogens with zero attached hydrogens (tertiary/aromatic N) is 3. The number of hydrogen-bond acceptors (Lipinski definition) is 7. The van der Waals surface area contributed by atoms with Crippen molar-refractivity contribution in [2.45, 2.75) is 18.7 Å². The fourth-order valence-corrected chi connectivity index (χ4v) is 6.64. The first-order valence-corrected chi connectivity index (χ1v) is 13.4. The minimum atomic E-state index is -3.66. The second-order valence-corrected chi connectivity index (χ2v) is 11.6. The van der Waals surface area contributed by atoms with Crippen LogP contribution in [0.15, 0.2) is 53.7 Å². The third-order valence-corrected chi connectivity index (χ3v) is 9.04. The van der Waals surface area contributed by atoms with E-state index in [2.05, 4.69) is 53.4 Å². The van der Waals surface area contributed by atoms with Crippen molar-refractivity contribution < 1.29 is 13.2 Å². The first-order valence-electron chi connectivity index (χ1n) is 10.8. The number of nitrogens with one attached hydrogen (secondary N) is 1. The molecule has 0 radical (unpaired) electrons. The summed E-state index contributed by atoms with van der Waals surface area (Å²) in [6, 6.07) is 13.0. The van der Waals surface area contributed by atoms with Crippen molar-refractivity contribution in [3.05, 3.63) is 64.3 Å². The number of rotatable bonds is 5. The Balaban J connectivity index is 1.57. The predicted octanol–water partition coefficient (Wildman–Crippen LogP) is 5.39. The summed E-state index contributed by atoms with van der Waals surface area (Å²) in [5.41, 5.74) is 3.77. The van der Waals surface area contributed by atoms with E-state index in [-0.39, 0.29) is 4.90 Å². The molecule has 5 rings (SSSR count). The zero-order valence-corrected chi connectivity index (χ0v) is 21.1. The highest BCUT2D eigenvalue weighted by Gasteiger charge is 2.27. The smallest absolute Gasteiger partial charge is 0.243 e. The maximum atomic E-state index is 13.2. The SMILES string of the molecule is Cc1ccc(-c2c(C)sc3ncnc(Nc4cc(S(=O)(=O)N5CCOCC5)ccc4Cl)c23)cc1. The molecule has 176 valence electrons. The van der Waals surface area contributed by atoms with Crippen LogP contribution in [-0.2, 0) is 14.8 Å². The van der Waals surface area contributed by atoms with E-state index in [1.54, 1.807) is 23.5 Å². The monoisotopic (exact) mass is 514 g/mol. The van der Waals surface area contributed by atoms with Gasteiger partial charge in [0.15, 0.2) is 0 Å². The lowest BCUT2D eigenvalue weighted by atomic mass is 10.0. The summed E-state index contributed by atoms with van der Waals surface area (Å²) < 4.78 is 33.1. The molecular weight excluding hydrogens is 492 g/mol. The Morgan fingerprint density at radius 3 is 2.53 bits per heavy atom. The zero-order valence-electron chi connectivity index (χ0n) is 18.7. The summed E-state index contributed by atoms with van der Waals surface area (Å²) in [7, 11) is -3.66. The third kappa shape index (κ3) is 4.30. The minimum Gasteiger partial charge on any atom is -0.379 e. The molecule has 7 nitrogen and oxygen atoms in total. The summed E-state index contributed by atoms with van der Waals surface area (Å²) >= 11 is 8.08. The highest BCUT2D eigenvalue weighted by atomic mass is 35.5. The Kier molecular flexibility index (Phi) is 6.30. The largest absolute Gasteiger partial charge is 0.379 e. The van der Waals surface area contributed by atoms with Gasteiger partial charge in [-0.1, -0.05) is 41.4 Å². The van der Waals surface area contributed by atoms with Gasteiger partial charge in [-0.15, -0.1) is 11.3 Å². The van der Waals surface area contributed by atoms with Crippen LogP contribution in [-0.4, -0.2) is 49.0 Å². The Hall–Kier alpha value is -2.56. The number of morpholine rings is 1. The van der Waals surface area contributed by atoms with Gasteiger partial charge < -0.3 is 10.1 Å². The Morgan fingerprint density at radius 1 is 1.06 bits per heavy atom. The molecule has 0 spiro atoms. The number of thiophene rings is 1. The minimum absolute atomic E-state index is 0.173. The van der Waals surface area contributed by atoms with Gasteiger partial charge >= 0.3 is 0 Å². The van der Waals surface area contributed by atoms with Gasteiger partial charge in [-0.25, -0.2) is 18.4 Å². The van der Waals surface area contributed by atoms with Crippen molar-refractivity contribution >= 4 is 54.7 Å². The molecule has 2 aromatic heterocycles. The molecule has 0 aliphatic carbocycles. The van der Waals surface area contributed by atoms with Gasteiger partial charge in [0.2, 0.25) is 10.0 Å². The number of anilines is 2. The first-order chi connectivity index (χ1) is 16.3. The highest BCUT2D eigenvalue weighted by molar-refractivity contribution is 7.89. The van der Waals surface area contributed by atoms with Crippen LogP contribution in [0.5, 0.6) is 0 Å². The number of halogens is 1. The molecule has 10 heteroatoms. The molecule has 0 bridgehead atoms. The zero-order chi connectivity index (χ0) is 23.9. The average molecular weight is 515 g/mol. The van der Waals surface area contributed by atoms with Gasteiger partial charge in [0.25, 0.3) is 0 Å². The van der Waals surface area contributed by atoms with Crippen LogP contribution in [0.1, 0.15) is 10.4 Å². The molecule has 0 saturated carbocycles. The number of aryl methyl sites for hydroxylation is 2. The molecule has 0 unspecified atom stereocenters. The predicted molar refractivity (Wildman–Crippen MR) is 137 cm³/mol. The topological polar surface area (TPSA) is 84.4 Å². The second kappa shape index (κ2) is 9.24. The van der Waals surface area contributed by atoms with Crippen LogP contribution in [0.3, 0.4) is 0 Å². The van der Waals surface area contributed by atoms with Gasteiger partial charge in [-0.2, -0.15) is 4.31 Å². The summed E-state index contributed by atoms with van der Waals surface area (Å²) in [5, 5.41) is 4.56. The van der Waals surface area contributed by atoms with Gasteiger partial charge in [0.1, 0.15) is 17.0 Å². The standard InChI is InChI=1S/C24H23ClN4O3S2/c1-15-3-5-17(6-4-15)21-16(2)33-24-22(21)23(26-14-27-24)28-20-13-18(7-8-19(20)25)34(30,31)29-9-11-32-12-10-29/h3-8,13-14H,9-12H2,1-2H3,(H,26,27,28). The van der Waals surface area contributed by atoms with E-state index >= 15 is 0 Å². The lowest BCUT2D eigenvalue weighted by Crippen LogP contribution is -2.40. The summed E-state index contributed by atoms with van der Waals surface area (Å²) in [6.07, 6.45) is 1.50. The normalized spacial score (nSPS) is 15.0. The van der Waals surface area contributed by atoms with E-state index in [1.807, 2.05) is 0 Å². The maximum absolute atomic E-state index is 13.2. The van der Waals surface area contributed by atoms with Crippen LogP contribution < -0.4 is 5.32 Å². The van der Waals surface area contributed by atoms with Gasteiger partial charge in [0, 0.05) is 23.5 Å². The molecule has 34 heavy (non-hydrogen) atoms. The molecule has 1 aliphatic heterocycles. The maximum Gasteiger partial charge on any atom is 0.243 e. The molecule has 1 saturated heterocycles. The Bertz CT molecular complexity index is 1460. The van der Waals surface area contributed by atoms with E-state index in [1.165, 1.54) is 22.3 Å². The molecule has 1 N–H and O–H groups in total. The van der Waals surface area contributed by atoms with Crippen LogP contribution in [0, 0.1) is 13.8 Å². The summed E-state index contributed by atoms with van der Waals surface area (Å²) in [4.78, 5) is 11.1. The fraction of sp³-hybridized carbons (Fsp3) is 0.250. The summed E-state index contributed by atoms with van der Waals surface area (Å²) in [6.45, 7) is 5.54. The van der Waals surface area contributed by atoms with Crippen molar-refractivity contribution in [3.63, 3.8) is 0 Å². The van der Waals surface area contributed by atoms with Gasteiger partial charge in [-0.3, -0.25) is 0 Å². The quantitative estimate of drug-likeness (QED) is 0.384. The van der Waals surface area contributed by atoms with E-state index < -0.39 is 10.0 Å². The highest BCUT2D eigenvalue weighted by Crippen LogP contribution is 2.41. The Morgan fingerprint density at radius 2 is 1.79 bits per heavy atom. The number of benzene rings is 2. The van der Waals surface area contributed by atoms with Crippen molar-refractivity contribution in [2.75, 3.05) is 31.6 Å². The Labute approximate surface area is 207 Å². The number of aromatic nitrogens is 2. The van der Waals surface area contributed by atoms with Crippen molar-refractivity contribution in [2.24, 2.45) is 0 Å².